The summed E-state index contributed by atoms with van der Waals surface area (Å²) < 4.78 is 59.6. The van der Waals surface area contributed by atoms with Crippen molar-refractivity contribution in [2.24, 2.45) is 0 Å². The average molecular weight is 1120 g/mol. The molecule has 77 heavy (non-hydrogen) atoms. The third-order valence-electron chi connectivity index (χ3n) is 15.6. The van der Waals surface area contributed by atoms with Crippen LogP contribution in [0.2, 0.25) is 0 Å². The van der Waals surface area contributed by atoms with E-state index in [0.717, 1.165) is 38.5 Å². The summed E-state index contributed by atoms with van der Waals surface area (Å²) in [6, 6.07) is 0. The summed E-state index contributed by atoms with van der Waals surface area (Å²) in [4.78, 5) is 13.0. The van der Waals surface area contributed by atoms with E-state index in [1.807, 2.05) is 0 Å². The summed E-state index contributed by atoms with van der Waals surface area (Å²) in [6.45, 7) is 4.09. The number of rotatable bonds is 60. The van der Waals surface area contributed by atoms with E-state index in [-0.39, 0.29) is 25.6 Å². The van der Waals surface area contributed by atoms with Crippen LogP contribution in [0.25, 0.3) is 0 Å². The second-order valence-corrected chi connectivity index (χ2v) is 24.1. The lowest BCUT2D eigenvalue weighted by atomic mass is 9.99. The maximum atomic E-state index is 13.0. The predicted molar refractivity (Wildman–Crippen MR) is 318 cm³/mol. The Morgan fingerprint density at radius 3 is 1.17 bits per heavy atom. The predicted octanol–water partition coefficient (Wildman–Crippen LogP) is 17.3. The van der Waals surface area contributed by atoms with Gasteiger partial charge in [-0.25, -0.2) is 4.18 Å². The number of ether oxygens (including phenoxy) is 4. The van der Waals surface area contributed by atoms with E-state index in [1.54, 1.807) is 0 Å². The molecule has 0 spiro atoms. The molecule has 1 heterocycles. The van der Waals surface area contributed by atoms with Crippen molar-refractivity contribution in [1.29, 1.82) is 0 Å². The van der Waals surface area contributed by atoms with Gasteiger partial charge in [-0.05, 0) is 38.5 Å². The number of hydrogen-bond acceptors (Lipinski definition) is 11. The summed E-state index contributed by atoms with van der Waals surface area (Å²) in [5, 5.41) is 30.9. The summed E-state index contributed by atoms with van der Waals surface area (Å²) in [5.41, 5.74) is 0. The van der Waals surface area contributed by atoms with Gasteiger partial charge in [0.05, 0.1) is 19.8 Å². The van der Waals surface area contributed by atoms with Crippen molar-refractivity contribution in [1.82, 2.24) is 0 Å². The third kappa shape index (κ3) is 48.1. The smallest absolute Gasteiger partial charge is 0.397 e. The molecule has 6 atom stereocenters. The van der Waals surface area contributed by atoms with E-state index in [4.69, 9.17) is 18.9 Å². The molecule has 1 rings (SSSR count). The molecule has 1 aliphatic rings. The van der Waals surface area contributed by atoms with Crippen LogP contribution in [0, 0.1) is 0 Å². The summed E-state index contributed by atoms with van der Waals surface area (Å²) in [5.74, 6) is -0.390. The normalized spacial score (nSPS) is 18.4. The highest BCUT2D eigenvalue weighted by Crippen LogP contribution is 2.26. The van der Waals surface area contributed by atoms with E-state index >= 15 is 0 Å². The highest BCUT2D eigenvalue weighted by atomic mass is 32.3. The second-order valence-electron chi connectivity index (χ2n) is 23.1. The Morgan fingerprint density at radius 2 is 0.818 bits per heavy atom. The molecule has 0 aromatic heterocycles. The third-order valence-corrected chi connectivity index (χ3v) is 16.1. The first kappa shape index (κ1) is 73.9. The molecule has 0 aromatic carbocycles. The number of aliphatic hydroxyl groups is 3. The number of allylic oxidation sites excluding steroid dienone is 2. The zero-order valence-electron chi connectivity index (χ0n) is 50.1. The number of carbonyl (C=O) groups is 1. The second kappa shape index (κ2) is 55.4. The number of hydrogen-bond donors (Lipinski definition) is 4. The van der Waals surface area contributed by atoms with Gasteiger partial charge in [-0.3, -0.25) is 9.35 Å². The molecule has 0 aromatic rings. The fourth-order valence-electron chi connectivity index (χ4n) is 10.7. The molecule has 13 heteroatoms. The highest BCUT2D eigenvalue weighted by Gasteiger charge is 2.48. The lowest BCUT2D eigenvalue weighted by molar-refractivity contribution is -0.301. The lowest BCUT2D eigenvalue weighted by Gasteiger charge is -2.41. The number of aliphatic hydroxyl groups excluding tert-OH is 3. The van der Waals surface area contributed by atoms with Gasteiger partial charge >= 0.3 is 16.4 Å². The molecule has 0 radical (unpaired) electrons. The largest absolute Gasteiger partial charge is 0.457 e. The van der Waals surface area contributed by atoms with Gasteiger partial charge in [0, 0.05) is 13.0 Å². The van der Waals surface area contributed by atoms with E-state index in [2.05, 4.69) is 30.2 Å². The molecule has 0 saturated carbocycles. The molecule has 6 unspecified atom stereocenters. The first-order chi connectivity index (χ1) is 37.6. The molecule has 0 amide bonds. The topological polar surface area (TPSA) is 178 Å². The van der Waals surface area contributed by atoms with E-state index in [9.17, 15) is 33.1 Å². The first-order valence-corrected chi connectivity index (χ1v) is 34.3. The fourth-order valence-corrected chi connectivity index (χ4v) is 11.2. The van der Waals surface area contributed by atoms with Crippen molar-refractivity contribution in [2.45, 2.75) is 365 Å². The monoisotopic (exact) mass is 1120 g/mol. The highest BCUT2D eigenvalue weighted by molar-refractivity contribution is 7.80. The van der Waals surface area contributed by atoms with Crippen LogP contribution < -0.4 is 0 Å². The fraction of sp³-hybridized carbons (Fsp3) is 0.953. The molecular formula is C64H124O12S. The van der Waals surface area contributed by atoms with Crippen molar-refractivity contribution in [3.63, 3.8) is 0 Å². The van der Waals surface area contributed by atoms with Gasteiger partial charge < -0.3 is 34.3 Å². The zero-order valence-corrected chi connectivity index (χ0v) is 50.9. The minimum absolute atomic E-state index is 0.0437. The SMILES string of the molecule is CCCCCCCCCC/C=C\CCCCCCCCCCCCCCCC(=O)OC(COCCCCCCCCCCCCCCCCCCCCCCCCCCC)COC1OC(CO)C(O)C(OS(=O)(=O)O)C1O. The minimum Gasteiger partial charge on any atom is -0.457 e. The Hall–Kier alpha value is -1.16. The van der Waals surface area contributed by atoms with Gasteiger partial charge in [0.15, 0.2) is 6.29 Å². The molecule has 1 aliphatic heterocycles. The maximum absolute atomic E-state index is 13.0. The Kier molecular flexibility index (Phi) is 53.1. The molecule has 0 aliphatic carbocycles. The van der Waals surface area contributed by atoms with Crippen LogP contribution in [-0.2, 0) is 38.3 Å². The van der Waals surface area contributed by atoms with Crippen molar-refractivity contribution < 1.29 is 56.2 Å². The Labute approximate surface area is 474 Å². The lowest BCUT2D eigenvalue weighted by Crippen LogP contribution is -2.60. The molecule has 0 bridgehead atoms. The molecule has 458 valence electrons. The summed E-state index contributed by atoms with van der Waals surface area (Å²) in [6.07, 6.45) is 58.4. The van der Waals surface area contributed by atoms with Gasteiger partial charge in [-0.2, -0.15) is 8.42 Å². The van der Waals surface area contributed by atoms with Crippen LogP contribution in [-0.4, -0.2) is 97.5 Å². The van der Waals surface area contributed by atoms with Crippen LogP contribution in [0.3, 0.4) is 0 Å². The number of esters is 1. The van der Waals surface area contributed by atoms with Gasteiger partial charge in [0.25, 0.3) is 0 Å². The van der Waals surface area contributed by atoms with E-state index < -0.39 is 53.8 Å². The van der Waals surface area contributed by atoms with Gasteiger partial charge in [-0.1, -0.05) is 296 Å². The Bertz CT molecular complexity index is 1380. The standard InChI is InChI=1S/C64H124O12S/c1-3-5-7-9-11-13-15-17-19-21-23-25-27-29-31-33-35-37-39-41-43-45-47-49-51-53-60(66)74-58(57-73-64-62(68)63(76-77(69,70)71)61(67)59(55-65)75-64)56-72-54-52-50-48-46-44-42-40-38-36-34-32-30-28-26-24-22-20-18-16-14-12-10-8-6-4-2/h21,23,58-59,61-65,67-68H,3-20,22,24-57H2,1-2H3,(H,69,70,71)/b23-21-. The van der Waals surface area contributed by atoms with Crippen LogP contribution in [0.4, 0.5) is 0 Å². The minimum atomic E-state index is -5.07. The average Bonchev–Trinajstić information content (AvgIpc) is 3.42. The van der Waals surface area contributed by atoms with Crippen LogP contribution in [0.1, 0.15) is 328 Å². The van der Waals surface area contributed by atoms with Gasteiger partial charge in [-0.15, -0.1) is 0 Å². The molecule has 12 nitrogen and oxygen atoms in total. The van der Waals surface area contributed by atoms with Gasteiger partial charge in [0.1, 0.15) is 30.5 Å². The molecular weight excluding hydrogens is 993 g/mol. The number of unbranched alkanes of at least 4 members (excludes halogenated alkanes) is 45. The quantitative estimate of drug-likeness (QED) is 0.0196. The van der Waals surface area contributed by atoms with Crippen molar-refractivity contribution in [2.75, 3.05) is 26.4 Å². The first-order valence-electron chi connectivity index (χ1n) is 32.9. The van der Waals surface area contributed by atoms with Crippen LogP contribution >= 0.6 is 0 Å². The number of carbonyl (C=O) groups excluding carboxylic acids is 1. The zero-order chi connectivity index (χ0) is 56.0. The summed E-state index contributed by atoms with van der Waals surface area (Å²) in [7, 11) is -5.07. The van der Waals surface area contributed by atoms with Crippen LogP contribution in [0.5, 0.6) is 0 Å². The Balaban J connectivity index is 2.21. The molecule has 1 fully saturated rings. The van der Waals surface area contributed by atoms with Gasteiger partial charge in [0.2, 0.25) is 0 Å². The molecule has 1 saturated heterocycles. The van der Waals surface area contributed by atoms with E-state index in [0.29, 0.717) is 13.0 Å². The maximum Gasteiger partial charge on any atom is 0.397 e. The van der Waals surface area contributed by atoms with Crippen LogP contribution in [0.15, 0.2) is 12.2 Å². The summed E-state index contributed by atoms with van der Waals surface area (Å²) >= 11 is 0. The van der Waals surface area contributed by atoms with Crippen molar-refractivity contribution in [3.8, 4) is 0 Å². The van der Waals surface area contributed by atoms with Crippen molar-refractivity contribution in [3.05, 3.63) is 12.2 Å². The van der Waals surface area contributed by atoms with Crippen molar-refractivity contribution >= 4 is 16.4 Å². The van der Waals surface area contributed by atoms with E-state index in [1.165, 1.54) is 263 Å². The Morgan fingerprint density at radius 1 is 0.481 bits per heavy atom. The molecule has 4 N–H and O–H groups in total.